The molecule has 2 N–H and O–H groups in total. The molecule has 134 valence electrons. The van der Waals surface area contributed by atoms with E-state index >= 15 is 0 Å². The molecule has 0 heterocycles. The van der Waals surface area contributed by atoms with Crippen LogP contribution in [0, 0.1) is 17.1 Å². The van der Waals surface area contributed by atoms with Crippen LogP contribution in [0.5, 0.6) is 5.75 Å². The lowest BCUT2D eigenvalue weighted by Gasteiger charge is -2.06. The molecule has 2 aromatic rings. The average Bonchev–Trinajstić information content (AvgIpc) is 2.65. The predicted octanol–water partition coefficient (Wildman–Crippen LogP) is 3.67. The minimum absolute atomic E-state index is 0.0501. The lowest BCUT2D eigenvalue weighted by atomic mass is 10.1. The summed E-state index contributed by atoms with van der Waals surface area (Å²) < 4.78 is 18.2. The summed E-state index contributed by atoms with van der Waals surface area (Å²) in [5.74, 6) is -0.279. The first-order chi connectivity index (χ1) is 12.5. The van der Waals surface area contributed by atoms with Gasteiger partial charge < -0.3 is 15.4 Å². The summed E-state index contributed by atoms with van der Waals surface area (Å²) in [6.45, 7) is 0.382. The third-order valence-corrected chi connectivity index (χ3v) is 3.82. The monoisotopic (exact) mass is 373 g/mol. The molecule has 7 heteroatoms. The maximum Gasteiger partial charge on any atom is 0.263 e. The molecule has 0 radical (unpaired) electrons. The van der Waals surface area contributed by atoms with Crippen molar-refractivity contribution in [1.82, 2.24) is 5.32 Å². The molecule has 0 spiro atoms. The zero-order chi connectivity index (χ0) is 18.9. The Morgan fingerprint density at radius 3 is 2.65 bits per heavy atom. The Labute approximate surface area is 156 Å². The van der Waals surface area contributed by atoms with E-state index in [9.17, 15) is 9.18 Å². The number of benzene rings is 2. The molecule has 0 saturated carbocycles. The van der Waals surface area contributed by atoms with Crippen LogP contribution in [0.3, 0.4) is 0 Å². The fraction of sp³-hybridized carbons (Fsp3) is 0.158. The van der Waals surface area contributed by atoms with Crippen LogP contribution >= 0.6 is 11.6 Å². The minimum Gasteiger partial charge on any atom is -0.497 e. The molecule has 1 amide bonds. The average molecular weight is 374 g/mol. The van der Waals surface area contributed by atoms with E-state index in [0.717, 1.165) is 11.3 Å². The van der Waals surface area contributed by atoms with Gasteiger partial charge in [-0.2, -0.15) is 5.26 Å². The molecule has 5 nitrogen and oxygen atoms in total. The van der Waals surface area contributed by atoms with Gasteiger partial charge in [-0.3, -0.25) is 4.79 Å². The van der Waals surface area contributed by atoms with Gasteiger partial charge >= 0.3 is 0 Å². The van der Waals surface area contributed by atoms with Crippen LogP contribution in [0.15, 0.2) is 54.2 Å². The highest BCUT2D eigenvalue weighted by Gasteiger charge is 2.08. The lowest BCUT2D eigenvalue weighted by Crippen LogP contribution is -2.27. The van der Waals surface area contributed by atoms with E-state index in [1.807, 2.05) is 30.3 Å². The Kier molecular flexibility index (Phi) is 7.01. The van der Waals surface area contributed by atoms with Crippen LogP contribution < -0.4 is 15.4 Å². The van der Waals surface area contributed by atoms with E-state index in [-0.39, 0.29) is 10.6 Å². The highest BCUT2D eigenvalue weighted by molar-refractivity contribution is 6.31. The highest BCUT2D eigenvalue weighted by atomic mass is 35.5. The predicted molar refractivity (Wildman–Crippen MR) is 98.4 cm³/mol. The summed E-state index contributed by atoms with van der Waals surface area (Å²) in [5, 5.41) is 14.5. The number of hydrogen-bond donors (Lipinski definition) is 2. The first-order valence-corrected chi connectivity index (χ1v) is 8.14. The molecule has 0 atom stereocenters. The normalized spacial score (nSPS) is 10.8. The van der Waals surface area contributed by atoms with E-state index < -0.39 is 11.7 Å². The number of anilines is 1. The van der Waals surface area contributed by atoms with Gasteiger partial charge in [-0.25, -0.2) is 4.39 Å². The van der Waals surface area contributed by atoms with Gasteiger partial charge in [-0.1, -0.05) is 23.7 Å². The second-order valence-electron chi connectivity index (χ2n) is 5.30. The third kappa shape index (κ3) is 5.50. The largest absolute Gasteiger partial charge is 0.497 e. The molecular formula is C19H17ClFN3O2. The van der Waals surface area contributed by atoms with Gasteiger partial charge in [0.25, 0.3) is 5.91 Å². The van der Waals surface area contributed by atoms with E-state index in [1.54, 1.807) is 7.11 Å². The van der Waals surface area contributed by atoms with Crippen molar-refractivity contribution in [2.75, 3.05) is 19.0 Å². The molecule has 2 aromatic carbocycles. The van der Waals surface area contributed by atoms with Crippen LogP contribution in [-0.2, 0) is 11.2 Å². The minimum atomic E-state index is -0.544. The topological polar surface area (TPSA) is 74.1 Å². The summed E-state index contributed by atoms with van der Waals surface area (Å²) in [7, 11) is 1.60. The molecule has 0 aliphatic heterocycles. The number of nitrogens with one attached hydrogen (secondary N) is 2. The maximum absolute atomic E-state index is 13.1. The molecule has 0 aromatic heterocycles. The fourth-order valence-corrected chi connectivity index (χ4v) is 2.28. The van der Waals surface area contributed by atoms with Gasteiger partial charge in [0.2, 0.25) is 0 Å². The van der Waals surface area contributed by atoms with Crippen LogP contribution in [0.1, 0.15) is 5.56 Å². The van der Waals surface area contributed by atoms with Gasteiger partial charge in [0.15, 0.2) is 0 Å². The number of amides is 1. The van der Waals surface area contributed by atoms with Crippen molar-refractivity contribution in [2.24, 2.45) is 0 Å². The van der Waals surface area contributed by atoms with Crippen molar-refractivity contribution in [1.29, 1.82) is 5.26 Å². The number of halogens is 2. The lowest BCUT2D eigenvalue weighted by molar-refractivity contribution is -0.117. The summed E-state index contributed by atoms with van der Waals surface area (Å²) in [6.07, 6.45) is 1.88. The van der Waals surface area contributed by atoms with Gasteiger partial charge in [-0.15, -0.1) is 0 Å². The molecule has 0 aliphatic rings. The second kappa shape index (κ2) is 9.44. The molecule has 0 fully saturated rings. The molecular weight excluding hydrogens is 357 g/mol. The standard InChI is InChI=1S/C19H17ClFN3O2/c1-26-16-5-2-13(3-6-16)8-9-23-19(25)14(11-22)12-24-15-4-7-18(21)17(20)10-15/h2-7,10,12,24H,8-9H2,1H3,(H,23,25)/b14-12-. The zero-order valence-corrected chi connectivity index (χ0v) is 14.8. The smallest absolute Gasteiger partial charge is 0.263 e. The van der Waals surface area contributed by atoms with Gasteiger partial charge in [0, 0.05) is 18.4 Å². The second-order valence-corrected chi connectivity index (χ2v) is 5.70. The highest BCUT2D eigenvalue weighted by Crippen LogP contribution is 2.19. The number of nitriles is 1. The van der Waals surface area contributed by atoms with Crippen molar-refractivity contribution in [3.05, 3.63) is 70.6 Å². The van der Waals surface area contributed by atoms with Gasteiger partial charge in [0.05, 0.1) is 12.1 Å². The Hall–Kier alpha value is -3.04. The Morgan fingerprint density at radius 1 is 1.31 bits per heavy atom. The number of ether oxygens (including phenoxy) is 1. The molecule has 2 rings (SSSR count). The van der Waals surface area contributed by atoms with Crippen molar-refractivity contribution in [3.8, 4) is 11.8 Å². The number of hydrogen-bond acceptors (Lipinski definition) is 4. The van der Waals surface area contributed by atoms with Crippen LogP contribution in [-0.4, -0.2) is 19.6 Å². The van der Waals surface area contributed by atoms with E-state index in [2.05, 4.69) is 10.6 Å². The molecule has 0 bridgehead atoms. The number of nitrogens with zero attached hydrogens (tertiary/aromatic N) is 1. The van der Waals surface area contributed by atoms with Crippen molar-refractivity contribution >= 4 is 23.2 Å². The molecule has 0 saturated heterocycles. The van der Waals surface area contributed by atoms with Crippen LogP contribution in [0.25, 0.3) is 0 Å². The maximum atomic E-state index is 13.1. The quantitative estimate of drug-likeness (QED) is 0.573. The summed E-state index contributed by atoms with van der Waals surface area (Å²) in [4.78, 5) is 12.1. The van der Waals surface area contributed by atoms with Crippen LogP contribution in [0.4, 0.5) is 10.1 Å². The molecule has 26 heavy (non-hydrogen) atoms. The summed E-state index contributed by atoms with van der Waals surface area (Å²) in [5.41, 5.74) is 1.41. The first kappa shape index (κ1) is 19.3. The van der Waals surface area contributed by atoms with Crippen molar-refractivity contribution < 1.29 is 13.9 Å². The van der Waals surface area contributed by atoms with Gasteiger partial charge in [0.1, 0.15) is 23.2 Å². The fourth-order valence-electron chi connectivity index (χ4n) is 2.10. The Bertz CT molecular complexity index is 845. The third-order valence-electron chi connectivity index (χ3n) is 3.53. The van der Waals surface area contributed by atoms with E-state index in [0.29, 0.717) is 18.7 Å². The van der Waals surface area contributed by atoms with Crippen molar-refractivity contribution in [3.63, 3.8) is 0 Å². The first-order valence-electron chi connectivity index (χ1n) is 7.76. The van der Waals surface area contributed by atoms with Crippen molar-refractivity contribution in [2.45, 2.75) is 6.42 Å². The van der Waals surface area contributed by atoms with Gasteiger partial charge in [-0.05, 0) is 42.3 Å². The zero-order valence-electron chi connectivity index (χ0n) is 14.1. The number of carbonyl (C=O) groups is 1. The number of methoxy groups -OCH3 is 1. The van der Waals surface area contributed by atoms with Crippen LogP contribution in [0.2, 0.25) is 5.02 Å². The number of rotatable bonds is 7. The summed E-state index contributed by atoms with van der Waals surface area (Å²) in [6, 6.07) is 13.3. The van der Waals surface area contributed by atoms with E-state index in [1.165, 1.54) is 24.4 Å². The molecule has 0 unspecified atom stereocenters. The van der Waals surface area contributed by atoms with E-state index in [4.69, 9.17) is 21.6 Å². The Balaban J connectivity index is 1.88. The number of carbonyl (C=O) groups excluding carboxylic acids is 1. The summed E-state index contributed by atoms with van der Waals surface area (Å²) >= 11 is 5.68. The SMILES string of the molecule is COc1ccc(CCNC(=O)/C(C#N)=C\Nc2ccc(F)c(Cl)c2)cc1. The molecule has 0 aliphatic carbocycles. The Morgan fingerprint density at radius 2 is 2.04 bits per heavy atom.